The van der Waals surface area contributed by atoms with Gasteiger partial charge in [0.2, 0.25) is 0 Å². The minimum absolute atomic E-state index is 0.678. The van der Waals surface area contributed by atoms with Crippen LogP contribution in [-0.4, -0.2) is 12.6 Å². The van der Waals surface area contributed by atoms with Gasteiger partial charge < -0.3 is 5.32 Å². The van der Waals surface area contributed by atoms with Crippen LogP contribution in [-0.2, 0) is 6.42 Å². The van der Waals surface area contributed by atoms with Gasteiger partial charge in [0, 0.05) is 6.04 Å². The molecule has 0 aromatic heterocycles. The molecule has 0 aliphatic heterocycles. The first-order valence-corrected chi connectivity index (χ1v) is 8.53. The van der Waals surface area contributed by atoms with E-state index >= 15 is 0 Å². The van der Waals surface area contributed by atoms with Crippen molar-refractivity contribution in [2.75, 3.05) is 6.54 Å². The van der Waals surface area contributed by atoms with Crippen molar-refractivity contribution in [2.24, 2.45) is 5.92 Å². The Morgan fingerprint density at radius 3 is 2.70 bits per heavy atom. The summed E-state index contributed by atoms with van der Waals surface area (Å²) in [4.78, 5) is 0. The van der Waals surface area contributed by atoms with E-state index in [9.17, 15) is 0 Å². The molecule has 1 aromatic rings. The first-order chi connectivity index (χ1) is 9.70. The van der Waals surface area contributed by atoms with Gasteiger partial charge in [-0.1, -0.05) is 64.3 Å². The molecule has 1 aliphatic carbocycles. The van der Waals surface area contributed by atoms with Gasteiger partial charge in [-0.15, -0.1) is 0 Å². The Morgan fingerprint density at radius 1 is 1.15 bits per heavy atom. The fourth-order valence-electron chi connectivity index (χ4n) is 3.64. The largest absolute Gasteiger partial charge is 0.314 e. The van der Waals surface area contributed by atoms with Gasteiger partial charge in [-0.3, -0.25) is 0 Å². The summed E-state index contributed by atoms with van der Waals surface area (Å²) in [6, 6.07) is 10.1. The molecular weight excluding hydrogens is 242 g/mol. The molecule has 1 heteroatoms. The second-order valence-corrected chi connectivity index (χ2v) is 6.75. The molecular formula is C19H31N. The van der Waals surface area contributed by atoms with Crippen LogP contribution in [0.1, 0.15) is 69.9 Å². The average Bonchev–Trinajstić information content (AvgIpc) is 2.64. The Kier molecular flexibility index (Phi) is 6.09. The average molecular weight is 273 g/mol. The lowest BCUT2D eigenvalue weighted by molar-refractivity contribution is 0.419. The normalized spacial score (nSPS) is 23.8. The highest BCUT2D eigenvalue weighted by molar-refractivity contribution is 5.28. The van der Waals surface area contributed by atoms with E-state index in [2.05, 4.69) is 50.4 Å². The lowest BCUT2D eigenvalue weighted by Gasteiger charge is -2.27. The number of hydrogen-bond acceptors (Lipinski definition) is 1. The number of hydrogen-bond donors (Lipinski definition) is 1. The molecule has 1 aliphatic rings. The first kappa shape index (κ1) is 15.6. The van der Waals surface area contributed by atoms with Crippen molar-refractivity contribution in [3.05, 3.63) is 35.4 Å². The molecule has 1 aromatic carbocycles. The van der Waals surface area contributed by atoms with E-state index in [1.54, 1.807) is 5.56 Å². The van der Waals surface area contributed by atoms with E-state index in [0.717, 1.165) is 12.5 Å². The molecule has 2 rings (SSSR count). The topological polar surface area (TPSA) is 12.0 Å². The molecule has 1 fully saturated rings. The predicted octanol–water partition coefficient (Wildman–Crippen LogP) is 4.91. The molecule has 1 saturated carbocycles. The van der Waals surface area contributed by atoms with Crippen LogP contribution in [0.25, 0.3) is 0 Å². The third-order valence-electron chi connectivity index (χ3n) is 4.51. The molecule has 0 amide bonds. The number of likely N-dealkylation sites (N-methyl/N-ethyl adjacent to an activating group) is 1. The molecule has 20 heavy (non-hydrogen) atoms. The van der Waals surface area contributed by atoms with E-state index < -0.39 is 0 Å². The summed E-state index contributed by atoms with van der Waals surface area (Å²) in [5.74, 6) is 1.45. The molecule has 1 N–H and O–H groups in total. The van der Waals surface area contributed by atoms with Crippen molar-refractivity contribution in [1.82, 2.24) is 5.32 Å². The number of rotatable bonds is 5. The van der Waals surface area contributed by atoms with Crippen LogP contribution in [0.2, 0.25) is 0 Å². The van der Waals surface area contributed by atoms with Crippen LogP contribution in [0, 0.1) is 5.92 Å². The van der Waals surface area contributed by atoms with Gasteiger partial charge in [-0.2, -0.15) is 0 Å². The van der Waals surface area contributed by atoms with Crippen molar-refractivity contribution in [3.8, 4) is 0 Å². The first-order valence-electron chi connectivity index (χ1n) is 8.53. The zero-order valence-electron chi connectivity index (χ0n) is 13.5. The predicted molar refractivity (Wildman–Crippen MR) is 88.3 cm³/mol. The molecule has 0 saturated heterocycles. The van der Waals surface area contributed by atoms with Gasteiger partial charge in [0.05, 0.1) is 0 Å². The van der Waals surface area contributed by atoms with E-state index in [-0.39, 0.29) is 0 Å². The highest BCUT2D eigenvalue weighted by atomic mass is 14.9. The van der Waals surface area contributed by atoms with Crippen molar-refractivity contribution >= 4 is 0 Å². The van der Waals surface area contributed by atoms with Crippen molar-refractivity contribution in [2.45, 2.75) is 71.3 Å². The molecule has 0 bridgehead atoms. The maximum absolute atomic E-state index is 3.73. The maximum atomic E-state index is 3.73. The van der Waals surface area contributed by atoms with Crippen molar-refractivity contribution in [3.63, 3.8) is 0 Å². The van der Waals surface area contributed by atoms with Crippen LogP contribution in [0.4, 0.5) is 0 Å². The summed E-state index contributed by atoms with van der Waals surface area (Å²) >= 11 is 0. The second-order valence-electron chi connectivity index (χ2n) is 6.75. The highest BCUT2D eigenvalue weighted by Gasteiger charge is 2.24. The van der Waals surface area contributed by atoms with Gasteiger partial charge in [0.1, 0.15) is 0 Å². The van der Waals surface area contributed by atoms with Gasteiger partial charge in [0.25, 0.3) is 0 Å². The zero-order chi connectivity index (χ0) is 14.4. The summed E-state index contributed by atoms with van der Waals surface area (Å²) < 4.78 is 0. The summed E-state index contributed by atoms with van der Waals surface area (Å²) in [5.41, 5.74) is 3.08. The van der Waals surface area contributed by atoms with Crippen LogP contribution < -0.4 is 5.32 Å². The van der Waals surface area contributed by atoms with Crippen LogP contribution in [0.5, 0.6) is 0 Å². The molecule has 0 heterocycles. The van der Waals surface area contributed by atoms with Crippen molar-refractivity contribution < 1.29 is 0 Å². The van der Waals surface area contributed by atoms with Gasteiger partial charge >= 0.3 is 0 Å². The minimum Gasteiger partial charge on any atom is -0.314 e. The minimum atomic E-state index is 0.678. The van der Waals surface area contributed by atoms with Crippen LogP contribution >= 0.6 is 0 Å². The fraction of sp³-hybridized carbons (Fsp3) is 0.684. The Bertz CT molecular complexity index is 397. The zero-order valence-corrected chi connectivity index (χ0v) is 13.5. The summed E-state index contributed by atoms with van der Waals surface area (Å²) in [7, 11) is 0. The van der Waals surface area contributed by atoms with Gasteiger partial charge in [-0.25, -0.2) is 0 Å². The molecule has 2 atom stereocenters. The molecule has 0 spiro atoms. The van der Waals surface area contributed by atoms with Gasteiger partial charge in [0.15, 0.2) is 0 Å². The standard InChI is InChI=1S/C19H31N/c1-4-20-19-12-7-5-6-11-18(19)17-10-8-9-16(14-17)13-15(2)3/h8-10,14-15,18-20H,4-7,11-13H2,1-3H3. The quantitative estimate of drug-likeness (QED) is 0.752. The Balaban J connectivity index is 2.17. The van der Waals surface area contributed by atoms with Crippen LogP contribution in [0.15, 0.2) is 24.3 Å². The summed E-state index contributed by atoms with van der Waals surface area (Å²) in [6.45, 7) is 7.93. The van der Waals surface area contributed by atoms with E-state index in [4.69, 9.17) is 0 Å². The Morgan fingerprint density at radius 2 is 1.95 bits per heavy atom. The van der Waals surface area contributed by atoms with Crippen molar-refractivity contribution in [1.29, 1.82) is 0 Å². The molecule has 1 nitrogen and oxygen atoms in total. The number of nitrogens with one attached hydrogen (secondary N) is 1. The summed E-state index contributed by atoms with van der Waals surface area (Å²) in [6.07, 6.45) is 8.08. The summed E-state index contributed by atoms with van der Waals surface area (Å²) in [5, 5.41) is 3.73. The monoisotopic (exact) mass is 273 g/mol. The maximum Gasteiger partial charge on any atom is 0.0136 e. The third kappa shape index (κ3) is 4.34. The molecule has 2 unspecified atom stereocenters. The lowest BCUT2D eigenvalue weighted by atomic mass is 9.86. The Hall–Kier alpha value is -0.820. The van der Waals surface area contributed by atoms with Gasteiger partial charge in [-0.05, 0) is 48.8 Å². The highest BCUT2D eigenvalue weighted by Crippen LogP contribution is 2.32. The van der Waals surface area contributed by atoms with E-state index in [0.29, 0.717) is 12.0 Å². The molecule has 0 radical (unpaired) electrons. The van der Waals surface area contributed by atoms with Crippen LogP contribution in [0.3, 0.4) is 0 Å². The van der Waals surface area contributed by atoms with E-state index in [1.807, 2.05) is 0 Å². The van der Waals surface area contributed by atoms with E-state index in [1.165, 1.54) is 44.1 Å². The number of benzene rings is 1. The molecule has 112 valence electrons. The fourth-order valence-corrected chi connectivity index (χ4v) is 3.64. The SMILES string of the molecule is CCNC1CCCCCC1c1cccc(CC(C)C)c1. The third-order valence-corrected chi connectivity index (χ3v) is 4.51. The lowest BCUT2D eigenvalue weighted by Crippen LogP contribution is -2.34. The Labute approximate surface area is 125 Å². The second kappa shape index (κ2) is 7.83. The smallest absolute Gasteiger partial charge is 0.0136 e.